The van der Waals surface area contributed by atoms with Crippen molar-refractivity contribution in [3.8, 4) is 22.4 Å². The second-order valence-corrected chi connectivity index (χ2v) is 7.50. The Labute approximate surface area is 178 Å². The number of pyridine rings is 1. The number of benzene rings is 2. The monoisotopic (exact) mass is 421 g/mol. The molecule has 1 saturated heterocycles. The highest BCUT2D eigenvalue weighted by Crippen LogP contribution is 2.29. The summed E-state index contributed by atoms with van der Waals surface area (Å²) >= 11 is 0. The Bertz CT molecular complexity index is 1230. The number of anilines is 1. The van der Waals surface area contributed by atoms with E-state index >= 15 is 0 Å². The van der Waals surface area contributed by atoms with Gasteiger partial charge in [-0.3, -0.25) is 0 Å². The molecular weight excluding hydrogens is 400 g/mol. The largest absolute Gasteiger partial charge is 0.391 e. The van der Waals surface area contributed by atoms with Crippen LogP contribution in [-0.2, 0) is 11.3 Å². The summed E-state index contributed by atoms with van der Waals surface area (Å²) in [5.41, 5.74) is 4.15. The fraction of sp³-hybridized carbons (Fsp3) is 0.208. The van der Waals surface area contributed by atoms with Gasteiger partial charge in [-0.25, -0.2) is 13.8 Å². The van der Waals surface area contributed by atoms with Gasteiger partial charge in [0, 0.05) is 53.4 Å². The lowest BCUT2D eigenvalue weighted by Crippen LogP contribution is -2.36. The lowest BCUT2D eigenvalue weighted by molar-refractivity contribution is 0.122. The zero-order chi connectivity index (χ0) is 21.4. The molecule has 5 rings (SSSR count). The quantitative estimate of drug-likeness (QED) is 0.535. The van der Waals surface area contributed by atoms with E-state index in [1.807, 2.05) is 22.7 Å². The van der Waals surface area contributed by atoms with Crippen molar-refractivity contribution in [2.24, 2.45) is 0 Å². The Balaban J connectivity index is 1.46. The highest BCUT2D eigenvalue weighted by atomic mass is 19.1. The number of rotatable bonds is 4. The molecule has 3 heterocycles. The van der Waals surface area contributed by atoms with E-state index in [0.717, 1.165) is 48.9 Å². The van der Waals surface area contributed by atoms with Gasteiger partial charge in [-0.1, -0.05) is 12.1 Å². The molecule has 1 N–H and O–H groups in total. The number of imidazole rings is 1. The first-order valence-corrected chi connectivity index (χ1v) is 10.1. The van der Waals surface area contributed by atoms with Crippen molar-refractivity contribution in [3.63, 3.8) is 0 Å². The van der Waals surface area contributed by atoms with E-state index in [9.17, 15) is 13.9 Å². The molecule has 0 saturated carbocycles. The molecule has 4 aromatic rings. The molecule has 158 valence electrons. The molecule has 31 heavy (non-hydrogen) atoms. The number of aromatic nitrogens is 2. The normalized spacial score (nSPS) is 14.4. The molecule has 0 amide bonds. The minimum Gasteiger partial charge on any atom is -0.391 e. The van der Waals surface area contributed by atoms with Gasteiger partial charge >= 0.3 is 0 Å². The van der Waals surface area contributed by atoms with Gasteiger partial charge in [0.05, 0.1) is 25.5 Å². The van der Waals surface area contributed by atoms with Gasteiger partial charge in [-0.2, -0.15) is 0 Å². The summed E-state index contributed by atoms with van der Waals surface area (Å²) in [5.74, 6) is -1.50. The van der Waals surface area contributed by atoms with Crippen LogP contribution >= 0.6 is 0 Å². The van der Waals surface area contributed by atoms with Crippen LogP contribution in [0.5, 0.6) is 0 Å². The highest BCUT2D eigenvalue weighted by Gasteiger charge is 2.15. The fourth-order valence-electron chi connectivity index (χ4n) is 3.92. The average molecular weight is 421 g/mol. The third kappa shape index (κ3) is 3.66. The van der Waals surface area contributed by atoms with Crippen molar-refractivity contribution < 1.29 is 18.6 Å². The van der Waals surface area contributed by atoms with Gasteiger partial charge in [0.2, 0.25) is 0 Å². The van der Waals surface area contributed by atoms with Crippen LogP contribution in [0.15, 0.2) is 60.9 Å². The van der Waals surface area contributed by atoms with Crippen molar-refractivity contribution >= 4 is 11.3 Å². The second kappa shape index (κ2) is 8.09. The summed E-state index contributed by atoms with van der Waals surface area (Å²) < 4.78 is 35.6. The molecule has 1 fully saturated rings. The maximum atomic E-state index is 14.6. The topological polar surface area (TPSA) is 50.0 Å². The van der Waals surface area contributed by atoms with Crippen molar-refractivity contribution in [2.45, 2.75) is 6.61 Å². The molecule has 1 aliphatic heterocycles. The number of aliphatic hydroxyl groups is 1. The molecule has 0 atom stereocenters. The number of aliphatic hydroxyl groups excluding tert-OH is 1. The molecule has 0 unspecified atom stereocenters. The summed E-state index contributed by atoms with van der Waals surface area (Å²) in [6.45, 7) is 2.56. The molecule has 0 spiro atoms. The van der Waals surface area contributed by atoms with Crippen LogP contribution < -0.4 is 4.90 Å². The van der Waals surface area contributed by atoms with Crippen molar-refractivity contribution in [1.29, 1.82) is 0 Å². The van der Waals surface area contributed by atoms with Crippen LogP contribution in [0.3, 0.4) is 0 Å². The first-order chi connectivity index (χ1) is 15.1. The van der Waals surface area contributed by atoms with Gasteiger partial charge in [0.25, 0.3) is 0 Å². The number of halogens is 2. The maximum Gasteiger partial charge on any atom is 0.139 e. The van der Waals surface area contributed by atoms with E-state index in [1.54, 1.807) is 18.3 Å². The second-order valence-electron chi connectivity index (χ2n) is 7.50. The predicted molar refractivity (Wildman–Crippen MR) is 115 cm³/mol. The minimum absolute atomic E-state index is 0.234. The molecule has 1 aliphatic rings. The summed E-state index contributed by atoms with van der Waals surface area (Å²) in [6.07, 6.45) is 3.64. The van der Waals surface area contributed by atoms with Gasteiger partial charge in [-0.15, -0.1) is 0 Å². The maximum absolute atomic E-state index is 14.6. The van der Waals surface area contributed by atoms with Crippen molar-refractivity contribution in [2.75, 3.05) is 31.2 Å². The van der Waals surface area contributed by atoms with Crippen LogP contribution in [-0.4, -0.2) is 40.8 Å². The average Bonchev–Trinajstić information content (AvgIpc) is 3.24. The van der Waals surface area contributed by atoms with Gasteiger partial charge in [0.1, 0.15) is 17.3 Å². The zero-order valence-corrected chi connectivity index (χ0v) is 16.8. The van der Waals surface area contributed by atoms with E-state index in [2.05, 4.69) is 22.0 Å². The Morgan fingerprint density at radius 1 is 0.903 bits per heavy atom. The summed E-state index contributed by atoms with van der Waals surface area (Å²) in [7, 11) is 0. The van der Waals surface area contributed by atoms with Crippen LogP contribution in [0.25, 0.3) is 28.0 Å². The third-order valence-corrected chi connectivity index (χ3v) is 5.65. The number of fused-ring (bicyclic) bond motifs is 1. The summed E-state index contributed by atoms with van der Waals surface area (Å²) in [6, 6.07) is 14.3. The standard InChI is InChI=1S/C24H21F2N3O2/c25-21-7-6-19(24(26)20(21)15-30)17-3-8-23-27-22(14-29(23)13-17)16-1-4-18(5-2-16)28-9-11-31-12-10-28/h1-8,13-14,30H,9-12,15H2. The van der Waals surface area contributed by atoms with E-state index < -0.39 is 18.2 Å². The lowest BCUT2D eigenvalue weighted by Gasteiger charge is -2.28. The minimum atomic E-state index is -0.754. The number of nitrogens with zero attached hydrogens (tertiary/aromatic N) is 3. The van der Waals surface area contributed by atoms with E-state index in [4.69, 9.17) is 4.74 Å². The number of morpholine rings is 1. The molecule has 5 nitrogen and oxygen atoms in total. The SMILES string of the molecule is OCc1c(F)ccc(-c2ccc3nc(-c4ccc(N5CCOCC5)cc4)cn3c2)c1F. The van der Waals surface area contributed by atoms with Crippen LogP contribution in [0.1, 0.15) is 5.56 Å². The van der Waals surface area contributed by atoms with Crippen LogP contribution in [0.2, 0.25) is 0 Å². The molecule has 0 bridgehead atoms. The van der Waals surface area contributed by atoms with E-state index in [0.29, 0.717) is 5.56 Å². The molecule has 0 aliphatic carbocycles. The Morgan fingerprint density at radius 3 is 2.39 bits per heavy atom. The fourth-order valence-corrected chi connectivity index (χ4v) is 3.92. The molecule has 2 aromatic heterocycles. The molecule has 2 aromatic carbocycles. The number of ether oxygens (including phenoxy) is 1. The Morgan fingerprint density at radius 2 is 1.65 bits per heavy atom. The zero-order valence-electron chi connectivity index (χ0n) is 16.8. The Kier molecular flexibility index (Phi) is 5.13. The third-order valence-electron chi connectivity index (χ3n) is 5.65. The predicted octanol–water partition coefficient (Wildman–Crippen LogP) is 4.28. The van der Waals surface area contributed by atoms with Crippen LogP contribution in [0.4, 0.5) is 14.5 Å². The van der Waals surface area contributed by atoms with E-state index in [-0.39, 0.29) is 11.1 Å². The Hall–Kier alpha value is -3.29. The first kappa shape index (κ1) is 19.7. The summed E-state index contributed by atoms with van der Waals surface area (Å²) in [4.78, 5) is 6.96. The smallest absolute Gasteiger partial charge is 0.139 e. The molecule has 0 radical (unpaired) electrons. The van der Waals surface area contributed by atoms with E-state index in [1.165, 1.54) is 12.1 Å². The molecular formula is C24H21F2N3O2. The van der Waals surface area contributed by atoms with Crippen molar-refractivity contribution in [1.82, 2.24) is 9.38 Å². The molecule has 7 heteroatoms. The lowest BCUT2D eigenvalue weighted by atomic mass is 10.0. The van der Waals surface area contributed by atoms with Crippen LogP contribution in [0, 0.1) is 11.6 Å². The van der Waals surface area contributed by atoms with Gasteiger partial charge < -0.3 is 19.1 Å². The van der Waals surface area contributed by atoms with Crippen molar-refractivity contribution in [3.05, 3.63) is 78.1 Å². The summed E-state index contributed by atoms with van der Waals surface area (Å²) in [5, 5.41) is 9.27. The highest BCUT2D eigenvalue weighted by molar-refractivity contribution is 5.69. The van der Waals surface area contributed by atoms with Gasteiger partial charge in [0.15, 0.2) is 0 Å². The first-order valence-electron chi connectivity index (χ1n) is 10.1. The van der Waals surface area contributed by atoms with Gasteiger partial charge in [-0.05, 0) is 36.4 Å². The number of hydrogen-bond acceptors (Lipinski definition) is 4. The number of hydrogen-bond donors (Lipinski definition) is 1.